The summed E-state index contributed by atoms with van der Waals surface area (Å²) in [6, 6.07) is 0. The molecule has 0 aromatic carbocycles. The molecule has 0 amide bonds. The van der Waals surface area contributed by atoms with Crippen molar-refractivity contribution in [2.75, 3.05) is 12.9 Å². The Kier molecular flexibility index (Phi) is 3.66. The second kappa shape index (κ2) is 4.56. The molecule has 0 aromatic heterocycles. The number of carbonyl (C=O) groups is 1. The standard InChI is InChI=1S/C9H14O3S/c1-6(5-13)3-8-7(11-2)4-9(10)12-8/h4,6,8,13H,3,5H2,1-2H3. The van der Waals surface area contributed by atoms with E-state index >= 15 is 0 Å². The number of esters is 1. The molecule has 0 bridgehead atoms. The molecule has 0 aromatic rings. The van der Waals surface area contributed by atoms with Gasteiger partial charge in [-0.15, -0.1) is 0 Å². The van der Waals surface area contributed by atoms with Crippen molar-refractivity contribution in [1.29, 1.82) is 0 Å². The molecule has 0 saturated heterocycles. The third-order valence-electron chi connectivity index (χ3n) is 2.00. The summed E-state index contributed by atoms with van der Waals surface area (Å²) in [6.07, 6.45) is 1.96. The first-order valence-electron chi connectivity index (χ1n) is 4.24. The molecule has 1 aliphatic rings. The molecule has 1 rings (SSSR count). The molecule has 0 saturated carbocycles. The second-order valence-electron chi connectivity index (χ2n) is 3.20. The topological polar surface area (TPSA) is 35.5 Å². The Balaban J connectivity index is 2.52. The zero-order chi connectivity index (χ0) is 9.84. The van der Waals surface area contributed by atoms with Gasteiger partial charge in [0.25, 0.3) is 0 Å². The van der Waals surface area contributed by atoms with E-state index in [1.807, 2.05) is 0 Å². The maximum Gasteiger partial charge on any atom is 0.335 e. The maximum atomic E-state index is 10.9. The third kappa shape index (κ3) is 2.66. The molecule has 1 aliphatic heterocycles. The van der Waals surface area contributed by atoms with Crippen molar-refractivity contribution < 1.29 is 14.3 Å². The third-order valence-corrected chi connectivity index (χ3v) is 2.62. The molecule has 74 valence electrons. The van der Waals surface area contributed by atoms with Crippen molar-refractivity contribution >= 4 is 18.6 Å². The first-order chi connectivity index (χ1) is 6.17. The van der Waals surface area contributed by atoms with Crippen molar-refractivity contribution in [3.63, 3.8) is 0 Å². The number of cyclic esters (lactones) is 1. The quantitative estimate of drug-likeness (QED) is 0.553. The lowest BCUT2D eigenvalue weighted by molar-refractivity contribution is -0.139. The van der Waals surface area contributed by atoms with E-state index in [0.29, 0.717) is 11.7 Å². The molecule has 1 heterocycles. The summed E-state index contributed by atoms with van der Waals surface area (Å²) in [6.45, 7) is 2.06. The minimum absolute atomic E-state index is 0.209. The summed E-state index contributed by atoms with van der Waals surface area (Å²) in [4.78, 5) is 10.9. The van der Waals surface area contributed by atoms with Crippen LogP contribution in [0.1, 0.15) is 13.3 Å². The Labute approximate surface area is 83.5 Å². The largest absolute Gasteiger partial charge is 0.497 e. The van der Waals surface area contributed by atoms with Crippen molar-refractivity contribution in [2.24, 2.45) is 5.92 Å². The normalized spacial score (nSPS) is 23.8. The molecule has 0 radical (unpaired) electrons. The smallest absolute Gasteiger partial charge is 0.335 e. The number of thiol groups is 1. The van der Waals surface area contributed by atoms with Gasteiger partial charge in [-0.3, -0.25) is 0 Å². The highest BCUT2D eigenvalue weighted by Gasteiger charge is 2.28. The van der Waals surface area contributed by atoms with Crippen LogP contribution in [-0.4, -0.2) is 24.9 Å². The zero-order valence-corrected chi connectivity index (χ0v) is 8.71. The lowest BCUT2D eigenvalue weighted by atomic mass is 10.1. The maximum absolute atomic E-state index is 10.9. The first-order valence-corrected chi connectivity index (χ1v) is 4.87. The summed E-state index contributed by atoms with van der Waals surface area (Å²) in [5.41, 5.74) is 0. The van der Waals surface area contributed by atoms with Gasteiger partial charge in [0, 0.05) is 0 Å². The van der Waals surface area contributed by atoms with E-state index in [0.717, 1.165) is 12.2 Å². The predicted molar refractivity (Wildman–Crippen MR) is 52.6 cm³/mol. The average Bonchev–Trinajstić information content (AvgIpc) is 2.46. The van der Waals surface area contributed by atoms with Gasteiger partial charge in [-0.25, -0.2) is 4.79 Å². The molecule has 2 atom stereocenters. The SMILES string of the molecule is COC1=CC(=O)OC1CC(C)CS. The van der Waals surface area contributed by atoms with Gasteiger partial charge in [0.05, 0.1) is 13.2 Å². The molecular weight excluding hydrogens is 188 g/mol. The van der Waals surface area contributed by atoms with E-state index in [2.05, 4.69) is 19.6 Å². The van der Waals surface area contributed by atoms with E-state index in [9.17, 15) is 4.79 Å². The van der Waals surface area contributed by atoms with Gasteiger partial charge >= 0.3 is 5.97 Å². The minimum atomic E-state index is -0.312. The summed E-state index contributed by atoms with van der Waals surface area (Å²) >= 11 is 4.17. The van der Waals surface area contributed by atoms with Gasteiger partial charge < -0.3 is 9.47 Å². The summed E-state index contributed by atoms with van der Waals surface area (Å²) < 4.78 is 10.1. The van der Waals surface area contributed by atoms with E-state index in [-0.39, 0.29) is 12.1 Å². The fourth-order valence-electron chi connectivity index (χ4n) is 1.24. The molecule has 0 fully saturated rings. The molecule has 0 aliphatic carbocycles. The van der Waals surface area contributed by atoms with Crippen LogP contribution in [0.25, 0.3) is 0 Å². The Bertz CT molecular complexity index is 225. The highest BCUT2D eigenvalue weighted by Crippen LogP contribution is 2.22. The van der Waals surface area contributed by atoms with Crippen molar-refractivity contribution in [3.8, 4) is 0 Å². The fraction of sp³-hybridized carbons (Fsp3) is 0.667. The van der Waals surface area contributed by atoms with Gasteiger partial charge in [0.1, 0.15) is 5.76 Å². The zero-order valence-electron chi connectivity index (χ0n) is 7.82. The number of carbonyl (C=O) groups excluding carboxylic acids is 1. The lowest BCUT2D eigenvalue weighted by Crippen LogP contribution is -2.17. The highest BCUT2D eigenvalue weighted by atomic mass is 32.1. The van der Waals surface area contributed by atoms with Crippen LogP contribution < -0.4 is 0 Å². The lowest BCUT2D eigenvalue weighted by Gasteiger charge is -2.16. The van der Waals surface area contributed by atoms with E-state index in [4.69, 9.17) is 9.47 Å². The van der Waals surface area contributed by atoms with Crippen molar-refractivity contribution in [1.82, 2.24) is 0 Å². The van der Waals surface area contributed by atoms with Gasteiger partial charge in [-0.1, -0.05) is 6.92 Å². The molecule has 4 heteroatoms. The Morgan fingerprint density at radius 2 is 2.46 bits per heavy atom. The van der Waals surface area contributed by atoms with Crippen molar-refractivity contribution in [3.05, 3.63) is 11.8 Å². The number of ether oxygens (including phenoxy) is 2. The van der Waals surface area contributed by atoms with Crippen molar-refractivity contribution in [2.45, 2.75) is 19.4 Å². The van der Waals surface area contributed by atoms with Crippen LogP contribution in [0.3, 0.4) is 0 Å². The summed E-state index contributed by atoms with van der Waals surface area (Å²) in [7, 11) is 1.55. The molecule has 13 heavy (non-hydrogen) atoms. The molecule has 2 unspecified atom stereocenters. The average molecular weight is 202 g/mol. The van der Waals surface area contributed by atoms with Gasteiger partial charge in [0.2, 0.25) is 0 Å². The molecule has 0 spiro atoms. The van der Waals surface area contributed by atoms with Gasteiger partial charge in [-0.2, -0.15) is 12.6 Å². The number of rotatable bonds is 4. The predicted octanol–water partition coefficient (Wildman–Crippen LogP) is 1.40. The summed E-state index contributed by atoms with van der Waals surface area (Å²) in [5, 5.41) is 0. The second-order valence-corrected chi connectivity index (χ2v) is 3.56. The van der Waals surface area contributed by atoms with Crippen LogP contribution in [0.4, 0.5) is 0 Å². The van der Waals surface area contributed by atoms with Gasteiger partial charge in [-0.05, 0) is 18.1 Å². The number of hydrogen-bond acceptors (Lipinski definition) is 4. The summed E-state index contributed by atoms with van der Waals surface area (Å²) in [5.74, 6) is 1.51. The first kappa shape index (κ1) is 10.4. The van der Waals surface area contributed by atoms with Crippen LogP contribution in [-0.2, 0) is 14.3 Å². The Morgan fingerprint density at radius 3 is 3.00 bits per heavy atom. The van der Waals surface area contributed by atoms with Crippen LogP contribution >= 0.6 is 12.6 Å². The van der Waals surface area contributed by atoms with Crippen LogP contribution in [0, 0.1) is 5.92 Å². The van der Waals surface area contributed by atoms with E-state index < -0.39 is 0 Å². The Morgan fingerprint density at radius 1 is 1.77 bits per heavy atom. The van der Waals surface area contributed by atoms with Crippen LogP contribution in [0.2, 0.25) is 0 Å². The number of hydrogen-bond donors (Lipinski definition) is 1. The number of methoxy groups -OCH3 is 1. The molecule has 0 N–H and O–H groups in total. The highest BCUT2D eigenvalue weighted by molar-refractivity contribution is 7.80. The fourth-order valence-corrected chi connectivity index (χ4v) is 1.39. The van der Waals surface area contributed by atoms with Crippen LogP contribution in [0.5, 0.6) is 0 Å². The van der Waals surface area contributed by atoms with E-state index in [1.165, 1.54) is 6.08 Å². The van der Waals surface area contributed by atoms with E-state index in [1.54, 1.807) is 7.11 Å². The monoisotopic (exact) mass is 202 g/mol. The molecule has 3 nitrogen and oxygen atoms in total. The molecular formula is C9H14O3S. The minimum Gasteiger partial charge on any atom is -0.497 e. The Hall–Kier alpha value is -0.640. The van der Waals surface area contributed by atoms with Gasteiger partial charge in [0.15, 0.2) is 6.10 Å². The van der Waals surface area contributed by atoms with Crippen LogP contribution in [0.15, 0.2) is 11.8 Å².